The molecule has 0 radical (unpaired) electrons. The topological polar surface area (TPSA) is 49.4 Å². The van der Waals surface area contributed by atoms with Crippen molar-refractivity contribution in [3.8, 4) is 0 Å². The maximum atomic E-state index is 12.1. The first-order valence-corrected chi connectivity index (χ1v) is 6.68. The molecule has 1 atom stereocenters. The predicted molar refractivity (Wildman–Crippen MR) is 72.5 cm³/mol. The average molecular weight is 311 g/mol. The molecule has 1 aliphatic heterocycles. The number of ketones is 1. The Balaban J connectivity index is 2.05. The first-order chi connectivity index (χ1) is 8.58. The van der Waals surface area contributed by atoms with Crippen molar-refractivity contribution in [3.05, 3.63) is 34.3 Å². The summed E-state index contributed by atoms with van der Waals surface area (Å²) in [6.07, 6.45) is 0. The molecule has 1 unspecified atom stereocenters. The monoisotopic (exact) mass is 310 g/mol. The normalized spacial score (nSPS) is 20.6. The van der Waals surface area contributed by atoms with Crippen molar-refractivity contribution in [2.45, 2.75) is 13.0 Å². The summed E-state index contributed by atoms with van der Waals surface area (Å²) in [6, 6.07) is 7.07. The van der Waals surface area contributed by atoms with Gasteiger partial charge in [-0.05, 0) is 19.1 Å². The summed E-state index contributed by atoms with van der Waals surface area (Å²) in [4.78, 5) is 25.5. The third-order valence-electron chi connectivity index (χ3n) is 3.12. The van der Waals surface area contributed by atoms with Crippen molar-refractivity contribution in [1.82, 2.24) is 10.2 Å². The Morgan fingerprint density at radius 3 is 3.06 bits per heavy atom. The van der Waals surface area contributed by atoms with E-state index in [9.17, 15) is 9.59 Å². The number of nitrogens with zero attached hydrogens (tertiary/aromatic N) is 1. The third-order valence-corrected chi connectivity index (χ3v) is 3.61. The van der Waals surface area contributed by atoms with Crippen molar-refractivity contribution in [2.75, 3.05) is 19.6 Å². The fourth-order valence-electron chi connectivity index (χ4n) is 1.98. The molecule has 0 spiro atoms. The molecular formula is C13H15BrN2O2. The van der Waals surface area contributed by atoms with Crippen LogP contribution in [-0.4, -0.2) is 42.3 Å². The highest BCUT2D eigenvalue weighted by molar-refractivity contribution is 9.10. The summed E-state index contributed by atoms with van der Waals surface area (Å²) in [5.41, 5.74) is 0.669. The van der Waals surface area contributed by atoms with Gasteiger partial charge in [-0.1, -0.05) is 28.1 Å². The van der Waals surface area contributed by atoms with Gasteiger partial charge in [-0.3, -0.25) is 14.5 Å². The van der Waals surface area contributed by atoms with E-state index in [0.29, 0.717) is 18.7 Å². The smallest absolute Gasteiger partial charge is 0.237 e. The zero-order chi connectivity index (χ0) is 13.1. The van der Waals surface area contributed by atoms with E-state index in [1.54, 1.807) is 12.1 Å². The van der Waals surface area contributed by atoms with Gasteiger partial charge in [-0.2, -0.15) is 0 Å². The number of piperazine rings is 1. The highest BCUT2D eigenvalue weighted by atomic mass is 79.9. The van der Waals surface area contributed by atoms with Crippen LogP contribution in [0.2, 0.25) is 0 Å². The fraction of sp³-hybridized carbons (Fsp3) is 0.385. The average Bonchev–Trinajstić information content (AvgIpc) is 2.35. The number of benzene rings is 1. The van der Waals surface area contributed by atoms with Gasteiger partial charge in [0.1, 0.15) is 0 Å². The van der Waals surface area contributed by atoms with Gasteiger partial charge in [0.25, 0.3) is 0 Å². The Bertz CT molecular complexity index is 476. The van der Waals surface area contributed by atoms with Crippen LogP contribution in [0, 0.1) is 0 Å². The number of hydrogen-bond acceptors (Lipinski definition) is 3. The fourth-order valence-corrected chi connectivity index (χ4v) is 2.38. The van der Waals surface area contributed by atoms with Crippen LogP contribution in [0.4, 0.5) is 0 Å². The third kappa shape index (κ3) is 2.97. The standard InChI is InChI=1S/C13H15BrN2O2/c1-9-13(18)15-5-6-16(9)8-12(17)10-3-2-4-11(14)7-10/h2-4,7,9H,5-6,8H2,1H3,(H,15,18). The number of rotatable bonds is 3. The summed E-state index contributed by atoms with van der Waals surface area (Å²) >= 11 is 3.35. The van der Waals surface area contributed by atoms with Crippen LogP contribution in [0.5, 0.6) is 0 Å². The number of hydrogen-bond donors (Lipinski definition) is 1. The van der Waals surface area contributed by atoms with E-state index >= 15 is 0 Å². The maximum Gasteiger partial charge on any atom is 0.237 e. The molecule has 2 rings (SSSR count). The molecule has 1 heterocycles. The lowest BCUT2D eigenvalue weighted by Crippen LogP contribution is -2.55. The highest BCUT2D eigenvalue weighted by Gasteiger charge is 2.26. The minimum Gasteiger partial charge on any atom is -0.353 e. The summed E-state index contributed by atoms with van der Waals surface area (Å²) < 4.78 is 0.887. The van der Waals surface area contributed by atoms with Gasteiger partial charge < -0.3 is 5.32 Å². The van der Waals surface area contributed by atoms with Crippen molar-refractivity contribution in [2.24, 2.45) is 0 Å². The lowest BCUT2D eigenvalue weighted by molar-refractivity contribution is -0.127. The molecule has 4 nitrogen and oxygen atoms in total. The summed E-state index contributed by atoms with van der Waals surface area (Å²) in [6.45, 7) is 3.43. The lowest BCUT2D eigenvalue weighted by atomic mass is 10.1. The minimum atomic E-state index is -0.241. The molecule has 1 saturated heterocycles. The van der Waals surface area contributed by atoms with Gasteiger partial charge in [0.15, 0.2) is 5.78 Å². The number of carbonyl (C=O) groups is 2. The van der Waals surface area contributed by atoms with E-state index in [0.717, 1.165) is 4.47 Å². The lowest BCUT2D eigenvalue weighted by Gasteiger charge is -2.32. The van der Waals surface area contributed by atoms with E-state index in [2.05, 4.69) is 21.2 Å². The molecule has 0 bridgehead atoms. The number of halogens is 1. The maximum absolute atomic E-state index is 12.1. The second kappa shape index (κ2) is 5.63. The number of amides is 1. The van der Waals surface area contributed by atoms with E-state index < -0.39 is 0 Å². The Kier molecular flexibility index (Phi) is 4.14. The zero-order valence-electron chi connectivity index (χ0n) is 10.1. The second-order valence-corrected chi connectivity index (χ2v) is 5.29. The number of Topliss-reactive ketones (excluding diaryl/α,β-unsaturated/α-hetero) is 1. The van der Waals surface area contributed by atoms with Gasteiger partial charge in [-0.25, -0.2) is 0 Å². The summed E-state index contributed by atoms with van der Waals surface area (Å²) in [5, 5.41) is 2.78. The molecule has 0 saturated carbocycles. The summed E-state index contributed by atoms with van der Waals surface area (Å²) in [7, 11) is 0. The van der Waals surface area contributed by atoms with Gasteiger partial charge in [0.05, 0.1) is 12.6 Å². The van der Waals surface area contributed by atoms with Crippen LogP contribution in [-0.2, 0) is 4.79 Å². The Morgan fingerprint density at radius 1 is 1.56 bits per heavy atom. The van der Waals surface area contributed by atoms with E-state index in [-0.39, 0.29) is 24.3 Å². The van der Waals surface area contributed by atoms with Crippen molar-refractivity contribution >= 4 is 27.6 Å². The van der Waals surface area contributed by atoms with E-state index in [4.69, 9.17) is 0 Å². The zero-order valence-corrected chi connectivity index (χ0v) is 11.7. The van der Waals surface area contributed by atoms with Crippen LogP contribution in [0.3, 0.4) is 0 Å². The molecule has 5 heteroatoms. The first-order valence-electron chi connectivity index (χ1n) is 5.88. The predicted octanol–water partition coefficient (Wildman–Crippen LogP) is 1.45. The molecule has 18 heavy (non-hydrogen) atoms. The van der Waals surface area contributed by atoms with Gasteiger partial charge in [0.2, 0.25) is 5.91 Å². The molecule has 1 aromatic rings. The largest absolute Gasteiger partial charge is 0.353 e. The van der Waals surface area contributed by atoms with Gasteiger partial charge >= 0.3 is 0 Å². The molecule has 1 fully saturated rings. The minimum absolute atomic E-state index is 0.0108. The SMILES string of the molecule is CC1C(=O)NCCN1CC(=O)c1cccc(Br)c1. The highest BCUT2D eigenvalue weighted by Crippen LogP contribution is 2.13. The van der Waals surface area contributed by atoms with Crippen molar-refractivity contribution < 1.29 is 9.59 Å². The Labute approximate surface area is 114 Å². The van der Waals surface area contributed by atoms with Crippen LogP contribution in [0.15, 0.2) is 28.7 Å². The second-order valence-electron chi connectivity index (χ2n) is 4.37. The Hall–Kier alpha value is -1.20. The number of nitrogens with one attached hydrogen (secondary N) is 1. The van der Waals surface area contributed by atoms with Crippen LogP contribution in [0.1, 0.15) is 17.3 Å². The van der Waals surface area contributed by atoms with Crippen molar-refractivity contribution in [3.63, 3.8) is 0 Å². The van der Waals surface area contributed by atoms with Crippen LogP contribution >= 0.6 is 15.9 Å². The van der Waals surface area contributed by atoms with Gasteiger partial charge in [-0.15, -0.1) is 0 Å². The molecule has 0 aliphatic carbocycles. The molecule has 1 N–H and O–H groups in total. The molecule has 0 aromatic heterocycles. The van der Waals surface area contributed by atoms with Crippen LogP contribution in [0.25, 0.3) is 0 Å². The van der Waals surface area contributed by atoms with E-state index in [1.807, 2.05) is 24.0 Å². The van der Waals surface area contributed by atoms with Gasteiger partial charge in [0, 0.05) is 23.1 Å². The molecule has 1 aromatic carbocycles. The molecular weight excluding hydrogens is 296 g/mol. The quantitative estimate of drug-likeness (QED) is 0.860. The molecule has 96 valence electrons. The number of carbonyl (C=O) groups excluding carboxylic acids is 2. The van der Waals surface area contributed by atoms with E-state index in [1.165, 1.54) is 0 Å². The summed E-state index contributed by atoms with van der Waals surface area (Å²) in [5.74, 6) is 0.0288. The van der Waals surface area contributed by atoms with Crippen LogP contribution < -0.4 is 5.32 Å². The molecule has 1 aliphatic rings. The Morgan fingerprint density at radius 2 is 2.33 bits per heavy atom. The first kappa shape index (κ1) is 13.2. The van der Waals surface area contributed by atoms with Crippen molar-refractivity contribution in [1.29, 1.82) is 0 Å². The molecule has 1 amide bonds.